The van der Waals surface area contributed by atoms with Gasteiger partial charge in [-0.05, 0) is 26.2 Å². The van der Waals surface area contributed by atoms with E-state index in [9.17, 15) is 19.2 Å². The molecule has 1 atom stereocenters. The monoisotopic (exact) mass is 381 g/mol. The number of carbonyl (C=O) groups excluding carboxylic acids is 3. The average Bonchev–Trinajstić information content (AvgIpc) is 2.99. The molecule has 0 aliphatic heterocycles. The molecule has 0 spiro atoms. The molecule has 1 heterocycles. The number of nitrogens with two attached hydrogens (primary N) is 3. The average molecular weight is 381 g/mol. The summed E-state index contributed by atoms with van der Waals surface area (Å²) in [6.07, 6.45) is -0.325. The predicted octanol–water partition coefficient (Wildman–Crippen LogP) is -2.41. The number of likely N-dealkylation sites (N-methyl/N-ethyl adjacent to an activating group) is 1. The van der Waals surface area contributed by atoms with Crippen molar-refractivity contribution >= 4 is 28.8 Å². The highest BCUT2D eigenvalue weighted by Gasteiger charge is 2.22. The summed E-state index contributed by atoms with van der Waals surface area (Å²) >= 11 is 0. The summed E-state index contributed by atoms with van der Waals surface area (Å²) in [7, 11) is 4.38. The first-order valence-corrected chi connectivity index (χ1v) is 8.04. The molecule has 0 saturated heterocycles. The number of hydrogen-bond acceptors (Lipinski definition) is 6. The lowest BCUT2D eigenvalue weighted by Crippen LogP contribution is -2.48. The lowest BCUT2D eigenvalue weighted by atomic mass is 10.2. The van der Waals surface area contributed by atoms with Gasteiger partial charge in [0.25, 0.3) is 0 Å². The van der Waals surface area contributed by atoms with Gasteiger partial charge in [0.15, 0.2) is 0 Å². The van der Waals surface area contributed by atoms with Crippen molar-refractivity contribution in [3.8, 4) is 0 Å². The van der Waals surface area contributed by atoms with Crippen molar-refractivity contribution in [1.82, 2.24) is 20.2 Å². The topological polar surface area (TPSA) is 191 Å². The van der Waals surface area contributed by atoms with Gasteiger partial charge in [-0.2, -0.15) is 0 Å². The zero-order valence-corrected chi connectivity index (χ0v) is 15.6. The molecule has 11 heteroatoms. The largest absolute Gasteiger partial charge is 0.370 e. The van der Waals surface area contributed by atoms with Crippen LogP contribution < -0.4 is 33.5 Å². The second kappa shape index (κ2) is 12.2. The number of fused-ring (bicyclic) bond motifs is 1. The first-order valence-electron chi connectivity index (χ1n) is 8.04. The normalized spacial score (nSPS) is 10.6. The third-order valence-corrected chi connectivity index (χ3v) is 3.29. The fraction of sp³-hybridized carbons (Fsp3) is 0.375. The first kappa shape index (κ1) is 23.8. The first-order chi connectivity index (χ1) is 12.9. The number of hydrogen-bond donors (Lipinski definition) is 6. The van der Waals surface area contributed by atoms with Gasteiger partial charge in [0.05, 0.1) is 17.5 Å². The lowest BCUT2D eigenvalue weighted by molar-refractivity contribution is -0.131. The summed E-state index contributed by atoms with van der Waals surface area (Å²) in [6.45, 7) is -0.283. The van der Waals surface area contributed by atoms with Crippen molar-refractivity contribution in [3.63, 3.8) is 0 Å². The van der Waals surface area contributed by atoms with Gasteiger partial charge in [0.1, 0.15) is 12.6 Å². The summed E-state index contributed by atoms with van der Waals surface area (Å²) in [5.74, 6) is -1.83. The van der Waals surface area contributed by atoms with E-state index in [1.807, 2.05) is 0 Å². The highest BCUT2D eigenvalue weighted by molar-refractivity contribution is 5.91. The van der Waals surface area contributed by atoms with Crippen molar-refractivity contribution in [2.45, 2.75) is 19.0 Å². The molecule has 150 valence electrons. The molecule has 27 heavy (non-hydrogen) atoms. The number of benzene rings is 1. The van der Waals surface area contributed by atoms with Crippen LogP contribution in [0.25, 0.3) is 11.0 Å². The molecule has 0 radical (unpaired) electrons. The summed E-state index contributed by atoms with van der Waals surface area (Å²) in [5, 5.41) is 4.74. The molecule has 11 nitrogen and oxygen atoms in total. The quantitative estimate of drug-likeness (QED) is 0.322. The molecule has 2 aromatic rings. The van der Waals surface area contributed by atoms with Gasteiger partial charge in [-0.3, -0.25) is 19.0 Å². The Hall–Kier alpha value is -3.18. The number of aromatic nitrogens is 2. The van der Waals surface area contributed by atoms with Crippen molar-refractivity contribution < 1.29 is 14.4 Å². The Kier molecular flexibility index (Phi) is 10.8. The maximum absolute atomic E-state index is 12.1. The summed E-state index contributed by atoms with van der Waals surface area (Å²) in [6, 6.07) is 5.83. The highest BCUT2D eigenvalue weighted by atomic mass is 16.2. The van der Waals surface area contributed by atoms with Gasteiger partial charge in [0, 0.05) is 7.05 Å². The molecular weight excluding hydrogens is 354 g/mol. The van der Waals surface area contributed by atoms with E-state index in [4.69, 9.17) is 5.73 Å². The maximum Gasteiger partial charge on any atom is 0.326 e. The number of rotatable bonds is 6. The number of carbonyl (C=O) groups is 3. The Bertz CT molecular complexity index is 812. The third kappa shape index (κ3) is 6.92. The number of amides is 3. The molecule has 1 aromatic carbocycles. The Balaban J connectivity index is 0.00000158. The van der Waals surface area contributed by atoms with E-state index in [0.717, 1.165) is 0 Å². The molecule has 9 N–H and O–H groups in total. The molecule has 2 rings (SSSR count). The van der Waals surface area contributed by atoms with Crippen LogP contribution in [0.1, 0.15) is 6.42 Å². The summed E-state index contributed by atoms with van der Waals surface area (Å²) < 4.78 is 1.25. The number of para-hydroxylation sites is 2. The van der Waals surface area contributed by atoms with Crippen molar-refractivity contribution in [2.24, 2.45) is 17.2 Å². The molecule has 0 saturated carbocycles. The fourth-order valence-corrected chi connectivity index (χ4v) is 2.23. The number of imidazole rings is 1. The van der Waals surface area contributed by atoms with Gasteiger partial charge in [0.2, 0.25) is 17.7 Å². The van der Waals surface area contributed by atoms with Gasteiger partial charge >= 0.3 is 5.69 Å². The van der Waals surface area contributed by atoms with E-state index in [0.29, 0.717) is 11.0 Å². The van der Waals surface area contributed by atoms with Crippen LogP contribution in [-0.2, 0) is 20.9 Å². The number of primary amides is 1. The summed E-state index contributed by atoms with van der Waals surface area (Å²) in [5.41, 5.74) is 14.8. The van der Waals surface area contributed by atoms with E-state index in [1.165, 1.54) is 25.7 Å². The van der Waals surface area contributed by atoms with Gasteiger partial charge in [-0.15, -0.1) is 0 Å². The van der Waals surface area contributed by atoms with Crippen LogP contribution in [0.3, 0.4) is 0 Å². The van der Waals surface area contributed by atoms with Gasteiger partial charge < -0.3 is 32.8 Å². The van der Waals surface area contributed by atoms with Crippen LogP contribution in [0.5, 0.6) is 0 Å². The molecular formula is C16H27N7O4. The second-order valence-corrected chi connectivity index (χ2v) is 4.94. The zero-order valence-electron chi connectivity index (χ0n) is 15.6. The van der Waals surface area contributed by atoms with Crippen LogP contribution in [0.2, 0.25) is 0 Å². The van der Waals surface area contributed by atoms with Crippen LogP contribution in [0.15, 0.2) is 29.1 Å². The number of H-pyrrole nitrogens is 1. The molecule has 0 aliphatic rings. The van der Waals surface area contributed by atoms with E-state index in [2.05, 4.69) is 27.1 Å². The minimum absolute atomic E-state index is 0.283. The van der Waals surface area contributed by atoms with Crippen molar-refractivity contribution in [3.05, 3.63) is 34.7 Å². The molecule has 0 fully saturated rings. The summed E-state index contributed by atoms with van der Waals surface area (Å²) in [4.78, 5) is 49.3. The SMILES string of the molecule is CN.CN.CNC(=O)[C@H](CC(N)=O)NC(=O)Cn1c(=O)[nH]c2ccccc21. The number of aromatic amines is 1. The smallest absolute Gasteiger partial charge is 0.326 e. The van der Waals surface area contributed by atoms with E-state index in [-0.39, 0.29) is 13.0 Å². The van der Waals surface area contributed by atoms with Gasteiger partial charge in [-0.25, -0.2) is 4.79 Å². The lowest BCUT2D eigenvalue weighted by Gasteiger charge is -2.15. The zero-order chi connectivity index (χ0) is 21.0. The number of nitrogens with zero attached hydrogens (tertiary/aromatic N) is 1. The van der Waals surface area contributed by atoms with Crippen LogP contribution in [0.4, 0.5) is 0 Å². The molecule has 0 bridgehead atoms. The standard InChI is InChI=1S/C14H17N5O4.2CH5N/c1-16-13(22)9(6-11(15)20)17-12(21)7-19-10-5-3-2-4-8(10)18-14(19)23;2*1-2/h2-5,9H,6-7H2,1H3,(H2,15,20)(H,16,22)(H,17,21)(H,18,23);2*2H2,1H3/t9-;;/m0../s1. The van der Waals surface area contributed by atoms with Crippen molar-refractivity contribution in [2.75, 3.05) is 21.1 Å². The minimum Gasteiger partial charge on any atom is -0.370 e. The number of nitrogens with one attached hydrogen (secondary N) is 3. The second-order valence-electron chi connectivity index (χ2n) is 4.94. The highest BCUT2D eigenvalue weighted by Crippen LogP contribution is 2.08. The van der Waals surface area contributed by atoms with E-state index >= 15 is 0 Å². The molecule has 1 aromatic heterocycles. The van der Waals surface area contributed by atoms with E-state index < -0.39 is 29.5 Å². The molecule has 0 aliphatic carbocycles. The van der Waals surface area contributed by atoms with Gasteiger partial charge in [-0.1, -0.05) is 12.1 Å². The van der Waals surface area contributed by atoms with Crippen LogP contribution >= 0.6 is 0 Å². The molecule has 3 amide bonds. The Morgan fingerprint density at radius 3 is 2.30 bits per heavy atom. The Morgan fingerprint density at radius 2 is 1.74 bits per heavy atom. The Labute approximate surface area is 156 Å². The van der Waals surface area contributed by atoms with Crippen molar-refractivity contribution in [1.29, 1.82) is 0 Å². The fourth-order valence-electron chi connectivity index (χ4n) is 2.23. The van der Waals surface area contributed by atoms with Crippen LogP contribution in [0, 0.1) is 0 Å². The maximum atomic E-state index is 12.1. The molecule has 0 unspecified atom stereocenters. The van der Waals surface area contributed by atoms with E-state index in [1.54, 1.807) is 24.3 Å². The minimum atomic E-state index is -1.08. The predicted molar refractivity (Wildman–Crippen MR) is 103 cm³/mol. The van der Waals surface area contributed by atoms with Crippen LogP contribution in [-0.4, -0.2) is 54.5 Å². The Morgan fingerprint density at radius 1 is 1.15 bits per heavy atom. The third-order valence-electron chi connectivity index (χ3n) is 3.29.